The van der Waals surface area contributed by atoms with Crippen LogP contribution in [0.5, 0.6) is 11.5 Å². The van der Waals surface area contributed by atoms with Crippen molar-refractivity contribution in [2.45, 2.75) is 23.9 Å². The highest BCUT2D eigenvalue weighted by Gasteiger charge is 2.38. The lowest BCUT2D eigenvalue weighted by atomic mass is 9.95. The summed E-state index contributed by atoms with van der Waals surface area (Å²) in [6.45, 7) is 0.318. The summed E-state index contributed by atoms with van der Waals surface area (Å²) in [6.07, 6.45) is -0.521. The molecule has 3 N–H and O–H groups in total. The third kappa shape index (κ3) is 8.90. The van der Waals surface area contributed by atoms with Crippen LogP contribution >= 0.6 is 11.8 Å². The van der Waals surface area contributed by atoms with E-state index >= 15 is 0 Å². The summed E-state index contributed by atoms with van der Waals surface area (Å²) in [5.41, 5.74) is 3.61. The van der Waals surface area contributed by atoms with Gasteiger partial charge in [0.05, 0.1) is 24.9 Å². The van der Waals surface area contributed by atoms with Crippen LogP contribution in [0.25, 0.3) is 11.1 Å². The molecule has 1 aromatic heterocycles. The van der Waals surface area contributed by atoms with Crippen molar-refractivity contribution in [1.82, 2.24) is 15.1 Å². The number of amides is 2. The Labute approximate surface area is 238 Å². The lowest BCUT2D eigenvalue weighted by Crippen LogP contribution is -2.32. The van der Waals surface area contributed by atoms with Gasteiger partial charge in [-0.1, -0.05) is 6.07 Å². The van der Waals surface area contributed by atoms with Gasteiger partial charge in [-0.2, -0.15) is 18.3 Å². The molecular weight excluding hydrogens is 565 g/mol. The fourth-order valence-electron chi connectivity index (χ4n) is 3.71. The molecule has 4 rings (SSSR count). The van der Waals surface area contributed by atoms with Crippen molar-refractivity contribution in [3.05, 3.63) is 54.4 Å². The lowest BCUT2D eigenvalue weighted by molar-refractivity contribution is -0.192. The molecule has 1 aliphatic heterocycles. The van der Waals surface area contributed by atoms with Crippen LogP contribution in [-0.2, 0) is 20.8 Å². The number of aliphatic carboxylic acids is 1. The van der Waals surface area contributed by atoms with E-state index in [1.54, 1.807) is 44.1 Å². The Balaban J connectivity index is 0.000000587. The molecule has 2 amide bonds. The van der Waals surface area contributed by atoms with Crippen LogP contribution < -0.4 is 14.8 Å². The summed E-state index contributed by atoms with van der Waals surface area (Å²) in [4.78, 5) is 36.6. The second-order valence-corrected chi connectivity index (χ2v) is 10.2. The Bertz CT molecular complexity index is 1370. The largest absolute Gasteiger partial charge is 0.497 e. The molecule has 14 heteroatoms. The molecule has 2 heterocycles. The minimum Gasteiger partial charge on any atom is -0.497 e. The number of halogens is 3. The van der Waals surface area contributed by atoms with Gasteiger partial charge in [0.25, 0.3) is 0 Å². The quantitative estimate of drug-likeness (QED) is 0.325. The minimum atomic E-state index is -5.08. The molecular formula is C27H29F3N4O6S. The number of carbonyl (C=O) groups excluding carboxylic acids is 2. The Morgan fingerprint density at radius 3 is 2.54 bits per heavy atom. The summed E-state index contributed by atoms with van der Waals surface area (Å²) in [5, 5.41) is 17.1. The predicted molar refractivity (Wildman–Crippen MR) is 146 cm³/mol. The molecule has 1 unspecified atom stereocenters. The maximum atomic E-state index is 13.2. The number of anilines is 1. The van der Waals surface area contributed by atoms with Crippen LogP contribution in [0.1, 0.15) is 12.0 Å². The molecule has 41 heavy (non-hydrogen) atoms. The smallest absolute Gasteiger partial charge is 0.490 e. The number of carbonyl (C=O) groups is 3. The maximum absolute atomic E-state index is 13.2. The van der Waals surface area contributed by atoms with Crippen molar-refractivity contribution in [3.63, 3.8) is 0 Å². The molecule has 0 saturated heterocycles. The van der Waals surface area contributed by atoms with Gasteiger partial charge < -0.3 is 24.8 Å². The average molecular weight is 595 g/mol. The van der Waals surface area contributed by atoms with Crippen LogP contribution in [0, 0.1) is 5.92 Å². The highest BCUT2D eigenvalue weighted by Crippen LogP contribution is 2.35. The predicted octanol–water partition coefficient (Wildman–Crippen LogP) is 4.48. The number of nitrogens with one attached hydrogen (secondary N) is 2. The number of aromatic amines is 1. The zero-order valence-electron chi connectivity index (χ0n) is 22.4. The number of methoxy groups -OCH3 is 1. The van der Waals surface area contributed by atoms with Crippen LogP contribution in [0.15, 0.2) is 53.7 Å². The number of H-pyrrole nitrogens is 1. The van der Waals surface area contributed by atoms with Gasteiger partial charge in [0.2, 0.25) is 11.8 Å². The monoisotopic (exact) mass is 594 g/mol. The molecule has 0 bridgehead atoms. The fraction of sp³-hybridized carbons (Fsp3) is 0.333. The van der Waals surface area contributed by atoms with Gasteiger partial charge in [0.1, 0.15) is 18.1 Å². The average Bonchev–Trinajstić information content (AvgIpc) is 3.48. The highest BCUT2D eigenvalue weighted by molar-refractivity contribution is 7.99. The summed E-state index contributed by atoms with van der Waals surface area (Å²) in [7, 11) is 5.12. The standard InChI is InChI=1S/C25H28N4O4S.C2HF3O2/c1-29(2)24(30)8-9-34-23-12-16(19-13-26-27-14-19)4-6-21(23)28-25(31)18-10-17-11-20(32-3)5-7-22(17)33-15-18;3-2(4,5)1(6)7/h4-7,11-14,18H,8-10,15H2,1-3H3,(H,26,27)(H,28,31);(H,6,7). The van der Waals surface area contributed by atoms with E-state index in [1.807, 2.05) is 42.6 Å². The zero-order chi connectivity index (χ0) is 30.2. The van der Waals surface area contributed by atoms with Gasteiger partial charge in [-0.25, -0.2) is 4.79 Å². The summed E-state index contributed by atoms with van der Waals surface area (Å²) < 4.78 is 42.9. The molecule has 0 fully saturated rings. The van der Waals surface area contributed by atoms with E-state index in [2.05, 4.69) is 15.5 Å². The van der Waals surface area contributed by atoms with E-state index in [9.17, 15) is 22.8 Å². The number of fused-ring (bicyclic) bond motifs is 1. The topological polar surface area (TPSA) is 134 Å². The van der Waals surface area contributed by atoms with E-state index in [0.29, 0.717) is 25.2 Å². The van der Waals surface area contributed by atoms with Gasteiger partial charge in [0.15, 0.2) is 0 Å². The first-order valence-electron chi connectivity index (χ1n) is 12.3. The van der Waals surface area contributed by atoms with E-state index in [0.717, 1.165) is 38.8 Å². The number of alkyl halides is 3. The molecule has 0 aliphatic carbocycles. The van der Waals surface area contributed by atoms with Crippen LogP contribution in [0.2, 0.25) is 0 Å². The van der Waals surface area contributed by atoms with E-state index < -0.39 is 12.1 Å². The maximum Gasteiger partial charge on any atom is 0.490 e. The van der Waals surface area contributed by atoms with Crippen LogP contribution in [0.4, 0.5) is 18.9 Å². The number of thioether (sulfide) groups is 1. The molecule has 1 aliphatic rings. The summed E-state index contributed by atoms with van der Waals surface area (Å²) in [5.74, 6) is -0.976. The third-order valence-corrected chi connectivity index (χ3v) is 6.99. The van der Waals surface area contributed by atoms with Gasteiger partial charge in [0, 0.05) is 42.9 Å². The minimum absolute atomic E-state index is 0.0672. The molecule has 10 nitrogen and oxygen atoms in total. The first-order chi connectivity index (χ1) is 19.4. The van der Waals surface area contributed by atoms with Crippen LogP contribution in [-0.4, -0.2) is 77.7 Å². The van der Waals surface area contributed by atoms with Crippen LogP contribution in [0.3, 0.4) is 0 Å². The Morgan fingerprint density at radius 2 is 1.93 bits per heavy atom. The molecule has 1 atom stereocenters. The van der Waals surface area contributed by atoms with Gasteiger partial charge in [-0.15, -0.1) is 11.8 Å². The fourth-order valence-corrected chi connectivity index (χ4v) is 4.69. The number of hydrogen-bond acceptors (Lipinski definition) is 7. The zero-order valence-corrected chi connectivity index (χ0v) is 23.3. The third-order valence-electron chi connectivity index (χ3n) is 5.93. The summed E-state index contributed by atoms with van der Waals surface area (Å²) in [6, 6.07) is 11.5. The van der Waals surface area contributed by atoms with Crippen molar-refractivity contribution >= 4 is 35.2 Å². The SMILES string of the molecule is COc1ccc2c(c1)CC(C(=O)Nc1ccc(-c3cn[nH]c3)cc1SCCC(=O)N(C)C)CO2.O=C(O)C(F)(F)F. The number of benzene rings is 2. The molecule has 0 spiro atoms. The number of rotatable bonds is 8. The van der Waals surface area contributed by atoms with Crippen molar-refractivity contribution in [1.29, 1.82) is 0 Å². The van der Waals surface area contributed by atoms with E-state index in [-0.39, 0.29) is 17.7 Å². The first-order valence-corrected chi connectivity index (χ1v) is 13.2. The molecule has 0 saturated carbocycles. The Morgan fingerprint density at radius 1 is 1.20 bits per heavy atom. The highest BCUT2D eigenvalue weighted by atomic mass is 32.2. The second-order valence-electron chi connectivity index (χ2n) is 9.06. The van der Waals surface area contributed by atoms with Gasteiger partial charge in [-0.3, -0.25) is 14.7 Å². The number of hydrogen-bond donors (Lipinski definition) is 3. The lowest BCUT2D eigenvalue weighted by Gasteiger charge is -2.25. The second kappa shape index (κ2) is 13.9. The molecule has 0 radical (unpaired) electrons. The number of ether oxygens (including phenoxy) is 2. The van der Waals surface area contributed by atoms with Crippen molar-refractivity contribution in [3.8, 4) is 22.6 Å². The normalized spacial score (nSPS) is 14.0. The van der Waals surface area contributed by atoms with Gasteiger partial charge >= 0.3 is 12.1 Å². The summed E-state index contributed by atoms with van der Waals surface area (Å²) >= 11 is 1.55. The number of nitrogens with zero attached hydrogens (tertiary/aromatic N) is 2. The Kier molecular flexibility index (Phi) is 10.6. The van der Waals surface area contributed by atoms with E-state index in [4.69, 9.17) is 19.4 Å². The number of carboxylic acid groups (broad SMARTS) is 1. The number of carboxylic acids is 1. The molecule has 3 aromatic rings. The van der Waals surface area contributed by atoms with Gasteiger partial charge in [-0.05, 0) is 47.9 Å². The van der Waals surface area contributed by atoms with Crippen molar-refractivity contribution in [2.75, 3.05) is 38.9 Å². The van der Waals surface area contributed by atoms with E-state index in [1.165, 1.54) is 0 Å². The first kappa shape index (κ1) is 31.3. The Hall–Kier alpha value is -4.20. The molecule has 220 valence electrons. The van der Waals surface area contributed by atoms with Crippen molar-refractivity contribution < 1.29 is 42.1 Å². The number of aromatic nitrogens is 2. The van der Waals surface area contributed by atoms with Crippen molar-refractivity contribution in [2.24, 2.45) is 5.92 Å². The molecule has 2 aromatic carbocycles.